The molecular weight excluding hydrogens is 304 g/mol. The molecule has 0 atom stereocenters. The van der Waals surface area contributed by atoms with Gasteiger partial charge in [0.15, 0.2) is 0 Å². The zero-order chi connectivity index (χ0) is 17.4. The van der Waals surface area contributed by atoms with Crippen LogP contribution in [0.2, 0.25) is 0 Å². The highest BCUT2D eigenvalue weighted by Gasteiger charge is 2.08. The van der Waals surface area contributed by atoms with Gasteiger partial charge in [-0.25, -0.2) is 9.59 Å². The second kappa shape index (κ2) is 8.13. The molecule has 0 fully saturated rings. The normalized spacial score (nSPS) is 10.7. The lowest BCUT2D eigenvalue weighted by Crippen LogP contribution is -2.13. The van der Waals surface area contributed by atoms with E-state index < -0.39 is 23.8 Å². The Labute approximate surface area is 131 Å². The first-order valence-corrected chi connectivity index (χ1v) is 6.33. The molecule has 120 valence electrons. The molecule has 0 aliphatic rings. The molecule has 0 radical (unpaired) electrons. The highest BCUT2D eigenvalue weighted by molar-refractivity contribution is 6.05. The number of carboxylic acid groups (broad SMARTS) is 2. The fourth-order valence-corrected chi connectivity index (χ4v) is 1.55. The van der Waals surface area contributed by atoms with Crippen LogP contribution < -0.4 is 10.6 Å². The van der Waals surface area contributed by atoms with Crippen LogP contribution in [0.1, 0.15) is 5.56 Å². The minimum Gasteiger partial charge on any atom is -0.478 e. The summed E-state index contributed by atoms with van der Waals surface area (Å²) in [5.74, 6) is -3.76. The summed E-state index contributed by atoms with van der Waals surface area (Å²) in [6.07, 6.45) is 3.13. The number of carboxylic acids is 2. The molecule has 0 saturated heterocycles. The molecule has 0 aliphatic heterocycles. The van der Waals surface area contributed by atoms with Crippen molar-refractivity contribution in [3.8, 4) is 0 Å². The second-order valence-electron chi connectivity index (χ2n) is 4.30. The molecule has 1 aromatic rings. The van der Waals surface area contributed by atoms with Crippen LogP contribution in [-0.2, 0) is 19.2 Å². The number of amides is 2. The van der Waals surface area contributed by atoms with Gasteiger partial charge in [0.2, 0.25) is 11.8 Å². The first-order chi connectivity index (χ1) is 10.8. The molecular formula is C15H14N2O6. The molecule has 0 bridgehead atoms. The molecule has 2 amide bonds. The van der Waals surface area contributed by atoms with Crippen LogP contribution in [0, 0.1) is 6.92 Å². The number of hydrogen-bond donors (Lipinski definition) is 4. The predicted molar refractivity (Wildman–Crippen MR) is 82.0 cm³/mol. The smallest absolute Gasteiger partial charge is 0.328 e. The van der Waals surface area contributed by atoms with Crippen molar-refractivity contribution in [2.75, 3.05) is 10.6 Å². The molecule has 0 spiro atoms. The largest absolute Gasteiger partial charge is 0.478 e. The van der Waals surface area contributed by atoms with Crippen molar-refractivity contribution < 1.29 is 29.4 Å². The number of nitrogens with one attached hydrogen (secondary N) is 2. The van der Waals surface area contributed by atoms with E-state index in [1.165, 1.54) is 0 Å². The van der Waals surface area contributed by atoms with E-state index in [0.29, 0.717) is 29.1 Å². The zero-order valence-corrected chi connectivity index (χ0v) is 12.1. The average molecular weight is 318 g/mol. The number of hydrogen-bond acceptors (Lipinski definition) is 4. The van der Waals surface area contributed by atoms with Crippen LogP contribution in [0.5, 0.6) is 0 Å². The van der Waals surface area contributed by atoms with E-state index in [4.69, 9.17) is 10.2 Å². The Kier molecular flexibility index (Phi) is 6.23. The Hall–Kier alpha value is -3.42. The molecule has 8 nitrogen and oxygen atoms in total. The van der Waals surface area contributed by atoms with E-state index in [1.54, 1.807) is 25.1 Å². The second-order valence-corrected chi connectivity index (χ2v) is 4.30. The van der Waals surface area contributed by atoms with E-state index in [0.717, 1.165) is 12.2 Å². The van der Waals surface area contributed by atoms with Crippen molar-refractivity contribution in [2.24, 2.45) is 0 Å². The quantitative estimate of drug-likeness (QED) is 0.582. The number of carbonyl (C=O) groups excluding carboxylic acids is 2. The molecule has 1 aromatic carbocycles. The van der Waals surface area contributed by atoms with Gasteiger partial charge in [0.1, 0.15) is 0 Å². The van der Waals surface area contributed by atoms with Crippen molar-refractivity contribution >= 4 is 35.1 Å². The van der Waals surface area contributed by atoms with Crippen LogP contribution in [0.3, 0.4) is 0 Å². The molecule has 0 saturated carbocycles. The summed E-state index contributed by atoms with van der Waals surface area (Å²) in [5.41, 5.74) is 1.29. The van der Waals surface area contributed by atoms with Gasteiger partial charge < -0.3 is 20.8 Å². The van der Waals surface area contributed by atoms with Gasteiger partial charge in [-0.15, -0.1) is 0 Å². The van der Waals surface area contributed by atoms with E-state index in [9.17, 15) is 19.2 Å². The van der Waals surface area contributed by atoms with Crippen LogP contribution in [0.25, 0.3) is 0 Å². The Morgan fingerprint density at radius 2 is 1.22 bits per heavy atom. The Morgan fingerprint density at radius 1 is 0.826 bits per heavy atom. The van der Waals surface area contributed by atoms with Gasteiger partial charge in [0, 0.05) is 35.7 Å². The van der Waals surface area contributed by atoms with Crippen molar-refractivity contribution in [3.05, 3.63) is 48.1 Å². The van der Waals surface area contributed by atoms with E-state index in [1.807, 2.05) is 0 Å². The van der Waals surface area contributed by atoms with E-state index in [2.05, 4.69) is 10.6 Å². The summed E-state index contributed by atoms with van der Waals surface area (Å²) in [4.78, 5) is 43.8. The maximum Gasteiger partial charge on any atom is 0.328 e. The first kappa shape index (κ1) is 17.6. The minimum atomic E-state index is -1.25. The molecule has 1 rings (SSSR count). The molecule has 4 N–H and O–H groups in total. The fraction of sp³-hybridized carbons (Fsp3) is 0.0667. The SMILES string of the molecule is Cc1c(NC(=O)/C=C\C(=O)O)cccc1NC(=O)/C=C\C(=O)O. The predicted octanol–water partition coefficient (Wildman–Crippen LogP) is 1.15. The third-order valence-electron chi connectivity index (χ3n) is 2.60. The highest BCUT2D eigenvalue weighted by Crippen LogP contribution is 2.23. The van der Waals surface area contributed by atoms with Crippen molar-refractivity contribution in [3.63, 3.8) is 0 Å². The van der Waals surface area contributed by atoms with Gasteiger partial charge in [-0.05, 0) is 24.6 Å². The van der Waals surface area contributed by atoms with E-state index in [-0.39, 0.29) is 0 Å². The monoisotopic (exact) mass is 318 g/mol. The summed E-state index contributed by atoms with van der Waals surface area (Å²) in [6.45, 7) is 1.63. The molecule has 0 aromatic heterocycles. The molecule has 0 unspecified atom stereocenters. The van der Waals surface area contributed by atoms with Crippen molar-refractivity contribution in [1.29, 1.82) is 0 Å². The summed E-state index contributed by atoms with van der Waals surface area (Å²) < 4.78 is 0. The summed E-state index contributed by atoms with van der Waals surface area (Å²) in [6, 6.07) is 4.72. The van der Waals surface area contributed by atoms with Crippen LogP contribution in [0.15, 0.2) is 42.5 Å². The Balaban J connectivity index is 2.86. The topological polar surface area (TPSA) is 133 Å². The van der Waals surface area contributed by atoms with Crippen LogP contribution >= 0.6 is 0 Å². The van der Waals surface area contributed by atoms with Crippen LogP contribution in [0.4, 0.5) is 11.4 Å². The number of rotatable bonds is 6. The van der Waals surface area contributed by atoms with Gasteiger partial charge in [-0.1, -0.05) is 6.07 Å². The fourth-order valence-electron chi connectivity index (χ4n) is 1.55. The number of carbonyl (C=O) groups is 4. The lowest BCUT2D eigenvalue weighted by Gasteiger charge is -2.11. The Morgan fingerprint density at radius 3 is 1.57 bits per heavy atom. The summed E-state index contributed by atoms with van der Waals surface area (Å²) >= 11 is 0. The number of benzene rings is 1. The molecule has 0 aliphatic carbocycles. The van der Waals surface area contributed by atoms with Crippen molar-refractivity contribution in [2.45, 2.75) is 6.92 Å². The average Bonchev–Trinajstić information content (AvgIpc) is 2.47. The maximum absolute atomic E-state index is 11.6. The molecule has 23 heavy (non-hydrogen) atoms. The molecule has 0 heterocycles. The van der Waals surface area contributed by atoms with Gasteiger partial charge in [0.05, 0.1) is 0 Å². The molecule has 8 heteroatoms. The summed E-state index contributed by atoms with van der Waals surface area (Å²) in [5, 5.41) is 21.9. The lowest BCUT2D eigenvalue weighted by atomic mass is 10.1. The van der Waals surface area contributed by atoms with Gasteiger partial charge in [-0.2, -0.15) is 0 Å². The zero-order valence-electron chi connectivity index (χ0n) is 12.1. The first-order valence-electron chi connectivity index (χ1n) is 6.33. The number of aliphatic carboxylic acids is 2. The van der Waals surface area contributed by atoms with Gasteiger partial charge >= 0.3 is 11.9 Å². The van der Waals surface area contributed by atoms with Gasteiger partial charge in [0.25, 0.3) is 0 Å². The third-order valence-corrected chi connectivity index (χ3v) is 2.60. The Bertz CT molecular complexity index is 650. The standard InChI is InChI=1S/C15H14N2O6/c1-9-10(16-12(18)5-7-14(20)21)3-2-4-11(9)17-13(19)6-8-15(22)23/h2-8H,1H3,(H,16,18)(H,17,19)(H,20,21)(H,22,23)/b7-5-,8-6-. The maximum atomic E-state index is 11.6. The summed E-state index contributed by atoms with van der Waals surface area (Å²) in [7, 11) is 0. The van der Waals surface area contributed by atoms with Crippen LogP contribution in [-0.4, -0.2) is 34.0 Å². The van der Waals surface area contributed by atoms with Gasteiger partial charge in [-0.3, -0.25) is 9.59 Å². The highest BCUT2D eigenvalue weighted by atomic mass is 16.4. The van der Waals surface area contributed by atoms with Crippen molar-refractivity contribution in [1.82, 2.24) is 0 Å². The van der Waals surface area contributed by atoms with E-state index >= 15 is 0 Å². The minimum absolute atomic E-state index is 0.380. The third kappa shape index (κ3) is 6.25. The number of anilines is 2. The lowest BCUT2D eigenvalue weighted by molar-refractivity contribution is -0.132.